The molecule has 11 unspecified atom stereocenters. The van der Waals surface area contributed by atoms with Gasteiger partial charge in [-0.1, -0.05) is 32.0 Å². The summed E-state index contributed by atoms with van der Waals surface area (Å²) in [7, 11) is 0. The van der Waals surface area contributed by atoms with Crippen molar-refractivity contribution in [2.24, 2.45) is 51.5 Å². The van der Waals surface area contributed by atoms with E-state index >= 15 is 0 Å². The van der Waals surface area contributed by atoms with Gasteiger partial charge in [0.15, 0.2) is 0 Å². The van der Waals surface area contributed by atoms with E-state index in [1.165, 1.54) is 31.8 Å². The molecule has 4 aliphatic carbocycles. The highest BCUT2D eigenvalue weighted by atomic mass is 16.6. The van der Waals surface area contributed by atoms with Crippen LogP contribution < -0.4 is 10.6 Å². The third-order valence-corrected chi connectivity index (χ3v) is 12.3. The molecule has 4 fully saturated rings. The maximum absolute atomic E-state index is 12.6. The summed E-state index contributed by atoms with van der Waals surface area (Å²) in [4.78, 5) is 27.3. The van der Waals surface area contributed by atoms with Gasteiger partial charge in [-0.05, 0) is 122 Å². The molecule has 2 amide bonds. The first kappa shape index (κ1) is 36.1. The quantitative estimate of drug-likeness (QED) is 0.0373. The molecule has 4 aliphatic rings. The zero-order valence-electron chi connectivity index (χ0n) is 27.9. The maximum atomic E-state index is 12.6. The second-order valence-electron chi connectivity index (χ2n) is 14.7. The van der Waals surface area contributed by atoms with Gasteiger partial charge < -0.3 is 30.3 Å². The van der Waals surface area contributed by atoms with Crippen LogP contribution in [0.3, 0.4) is 0 Å². The van der Waals surface area contributed by atoms with Gasteiger partial charge in [0, 0.05) is 17.9 Å². The van der Waals surface area contributed by atoms with Crippen LogP contribution >= 0.6 is 0 Å². The Balaban J connectivity index is 1.22. The van der Waals surface area contributed by atoms with E-state index in [1.807, 2.05) is 6.08 Å². The highest BCUT2D eigenvalue weighted by Crippen LogP contribution is 2.68. The summed E-state index contributed by atoms with van der Waals surface area (Å²) < 4.78 is 10.2. The lowest BCUT2D eigenvalue weighted by Gasteiger charge is -2.62. The lowest BCUT2D eigenvalue weighted by atomic mass is 9.43. The summed E-state index contributed by atoms with van der Waals surface area (Å²) in [6, 6.07) is 0. The molecule has 11 nitrogen and oxygen atoms in total. The van der Waals surface area contributed by atoms with E-state index in [0.717, 1.165) is 38.5 Å². The molecule has 4 rings (SSSR count). The second-order valence-corrected chi connectivity index (χ2v) is 14.7. The number of aliphatic hydroxyl groups excluding tert-OH is 2. The van der Waals surface area contributed by atoms with Gasteiger partial charge in [-0.25, -0.2) is 4.79 Å². The summed E-state index contributed by atoms with van der Waals surface area (Å²) >= 11 is 0. The molecule has 0 bridgehead atoms. The third kappa shape index (κ3) is 8.38. The molecule has 0 aromatic heterocycles. The third-order valence-electron chi connectivity index (χ3n) is 12.3. The number of terminal acetylenes is 1. The number of carbonyl (C=O) groups is 2. The van der Waals surface area contributed by atoms with Crippen molar-refractivity contribution in [3.8, 4) is 12.3 Å². The molecule has 0 spiro atoms. The monoisotopic (exact) mass is 641 g/mol. The van der Waals surface area contributed by atoms with Gasteiger partial charge in [0.05, 0.1) is 25.4 Å². The number of allylic oxidation sites excluding steroid dienone is 1. The first-order chi connectivity index (χ1) is 22.0. The number of azide groups is 1. The summed E-state index contributed by atoms with van der Waals surface area (Å²) in [5, 5.41) is 30.5. The Hall–Kier alpha value is -2.77. The molecule has 4 saturated carbocycles. The van der Waals surface area contributed by atoms with Crippen LogP contribution in [0.2, 0.25) is 0 Å². The van der Waals surface area contributed by atoms with E-state index in [1.54, 1.807) is 0 Å². The first-order valence-electron chi connectivity index (χ1n) is 17.3. The van der Waals surface area contributed by atoms with Crippen LogP contribution in [0.25, 0.3) is 10.4 Å². The van der Waals surface area contributed by atoms with Gasteiger partial charge in [-0.15, -0.1) is 12.3 Å². The normalized spacial score (nSPS) is 36.2. The predicted octanol–water partition coefficient (Wildman–Crippen LogP) is 5.47. The number of carbonyl (C=O) groups excluding carboxylic acids is 2. The Kier molecular flexibility index (Phi) is 12.8. The zero-order chi connectivity index (χ0) is 33.3. The Morgan fingerprint density at radius 2 is 1.85 bits per heavy atom. The fourth-order valence-electron chi connectivity index (χ4n) is 10.0. The summed E-state index contributed by atoms with van der Waals surface area (Å²) in [6.07, 6.45) is 17.1. The molecule has 0 aromatic rings. The van der Waals surface area contributed by atoms with Crippen molar-refractivity contribution in [3.63, 3.8) is 0 Å². The van der Waals surface area contributed by atoms with E-state index in [4.69, 9.17) is 21.4 Å². The number of ether oxygens (including phenoxy) is 2. The summed E-state index contributed by atoms with van der Waals surface area (Å²) in [5.41, 5.74) is 8.69. The van der Waals surface area contributed by atoms with Gasteiger partial charge in [0.1, 0.15) is 12.8 Å². The smallest absolute Gasteiger partial charge is 0.408 e. The number of hydrogen-bond donors (Lipinski definition) is 4. The topological polar surface area (TPSA) is 166 Å². The lowest BCUT2D eigenvalue weighted by molar-refractivity contribution is -0.174. The molecule has 0 saturated heterocycles. The number of hydrogen-bond acceptors (Lipinski definition) is 7. The Labute approximate surface area is 274 Å². The first-order valence-corrected chi connectivity index (χ1v) is 17.3. The van der Waals surface area contributed by atoms with E-state index in [2.05, 4.69) is 47.4 Å². The molecule has 4 N–H and O–H groups in total. The van der Waals surface area contributed by atoms with Crippen molar-refractivity contribution in [2.45, 2.75) is 110 Å². The maximum Gasteiger partial charge on any atom is 0.408 e. The Bertz CT molecular complexity index is 1170. The molecule has 11 atom stereocenters. The summed E-state index contributed by atoms with van der Waals surface area (Å²) in [5.74, 6) is 5.09. The number of amides is 2. The van der Waals surface area contributed by atoms with Crippen molar-refractivity contribution in [2.75, 3.05) is 26.4 Å². The number of alkyl carbamates (subject to hydrolysis) is 1. The lowest BCUT2D eigenvalue weighted by Crippen LogP contribution is -2.58. The van der Waals surface area contributed by atoms with E-state index < -0.39 is 12.3 Å². The second kappa shape index (κ2) is 16.4. The number of nitrogens with one attached hydrogen (secondary N) is 2. The van der Waals surface area contributed by atoms with Crippen molar-refractivity contribution >= 4 is 12.0 Å². The molecule has 0 radical (unpaired) electrons. The van der Waals surface area contributed by atoms with Gasteiger partial charge in [0.25, 0.3) is 0 Å². The molecule has 0 heterocycles. The van der Waals surface area contributed by atoms with Crippen LogP contribution in [-0.2, 0) is 14.3 Å². The van der Waals surface area contributed by atoms with E-state index in [0.29, 0.717) is 35.5 Å². The Morgan fingerprint density at radius 3 is 2.61 bits per heavy atom. The van der Waals surface area contributed by atoms with Crippen LogP contribution in [-0.4, -0.2) is 67.0 Å². The number of nitrogens with zero attached hydrogens (tertiary/aromatic N) is 3. The molecule has 11 heteroatoms. The fraction of sp³-hybridized carbons (Fsp3) is 0.829. The van der Waals surface area contributed by atoms with Crippen LogP contribution in [0, 0.1) is 58.7 Å². The van der Waals surface area contributed by atoms with Crippen molar-refractivity contribution in [1.29, 1.82) is 0 Å². The largest absolute Gasteiger partial charge is 0.447 e. The van der Waals surface area contributed by atoms with Gasteiger partial charge in [0.2, 0.25) is 5.91 Å². The van der Waals surface area contributed by atoms with Crippen LogP contribution in [0.1, 0.15) is 91.4 Å². The number of fused-ring (bicyclic) bond motifs is 5. The minimum Gasteiger partial charge on any atom is -0.447 e. The molecule has 0 aliphatic heterocycles. The van der Waals surface area contributed by atoms with E-state index in [-0.39, 0.29) is 61.7 Å². The molecule has 46 heavy (non-hydrogen) atoms. The zero-order valence-corrected chi connectivity index (χ0v) is 27.9. The SMILES string of the molecule is C#CCC(NC(=O)C=CCCC(C)C1CCC2C3C(O)CC4CC(O)CCC4(C)C3CCC12C)NC(=O)OCCOCCN=[N+]=[N-]. The molecular weight excluding hydrogens is 586 g/mol. The van der Waals surface area contributed by atoms with Crippen LogP contribution in [0.4, 0.5) is 4.79 Å². The molecular formula is C35H55N5O6. The fourth-order valence-corrected chi connectivity index (χ4v) is 10.0. The number of rotatable bonds is 14. The van der Waals surface area contributed by atoms with Gasteiger partial charge >= 0.3 is 6.09 Å². The Morgan fingerprint density at radius 1 is 1.09 bits per heavy atom. The van der Waals surface area contributed by atoms with Crippen LogP contribution in [0.15, 0.2) is 17.3 Å². The molecule has 256 valence electrons. The summed E-state index contributed by atoms with van der Waals surface area (Å²) in [6.45, 7) is 7.87. The standard InChI is InChI=1S/C35H55N5O6/c1-5-8-30(39-33(44)46-20-19-45-18-17-37-40-36)38-31(43)10-7-6-9-23(2)26-11-12-27-32-28(14-16-35(26,27)4)34(3)15-13-25(41)21-24(34)22-29(32)42/h1,7,10,23-30,32,41-42H,6,8-9,11-22H2,2-4H3,(H,38,43)(H,39,44). The number of aliphatic hydroxyl groups is 2. The van der Waals surface area contributed by atoms with Gasteiger partial charge in [-0.2, -0.15) is 0 Å². The minimum absolute atomic E-state index is 0.00434. The average Bonchev–Trinajstić information content (AvgIpc) is 3.37. The van der Waals surface area contributed by atoms with E-state index in [9.17, 15) is 19.8 Å². The molecule has 0 aromatic carbocycles. The highest BCUT2D eigenvalue weighted by Gasteiger charge is 2.62. The van der Waals surface area contributed by atoms with Crippen molar-refractivity contribution in [1.82, 2.24) is 10.6 Å². The van der Waals surface area contributed by atoms with Crippen molar-refractivity contribution < 1.29 is 29.3 Å². The predicted molar refractivity (Wildman–Crippen MR) is 175 cm³/mol. The minimum atomic E-state index is -0.767. The highest BCUT2D eigenvalue weighted by molar-refractivity contribution is 5.88. The average molecular weight is 642 g/mol. The van der Waals surface area contributed by atoms with Crippen LogP contribution in [0.5, 0.6) is 0 Å². The van der Waals surface area contributed by atoms with Gasteiger partial charge in [-0.3, -0.25) is 4.79 Å². The van der Waals surface area contributed by atoms with Crippen molar-refractivity contribution in [3.05, 3.63) is 22.6 Å².